The van der Waals surface area contributed by atoms with Crippen LogP contribution >= 0.6 is 31.9 Å². The maximum absolute atomic E-state index is 5.62. The molecular weight excluding hydrogens is 284 g/mol. The molecule has 1 atom stereocenters. The van der Waals surface area contributed by atoms with E-state index in [1.807, 2.05) is 6.07 Å². The number of ether oxygens (including phenoxy) is 1. The SMILES string of the molecule is CC1Cc2cc(Br)cc(Br)c2O1. The van der Waals surface area contributed by atoms with Crippen molar-refractivity contribution in [3.05, 3.63) is 26.6 Å². The fourth-order valence-electron chi connectivity index (χ4n) is 1.45. The van der Waals surface area contributed by atoms with Crippen LogP contribution in [0.15, 0.2) is 21.1 Å². The molecule has 64 valence electrons. The van der Waals surface area contributed by atoms with Gasteiger partial charge in [-0.15, -0.1) is 0 Å². The Morgan fingerprint density at radius 2 is 2.17 bits per heavy atom. The first-order valence-corrected chi connectivity index (χ1v) is 5.40. The Bertz CT molecular complexity index is 323. The summed E-state index contributed by atoms with van der Waals surface area (Å²) in [5, 5.41) is 0. The summed E-state index contributed by atoms with van der Waals surface area (Å²) >= 11 is 6.92. The fourth-order valence-corrected chi connectivity index (χ4v) is 2.86. The van der Waals surface area contributed by atoms with Crippen LogP contribution in [0.4, 0.5) is 0 Å². The van der Waals surface area contributed by atoms with Crippen LogP contribution in [-0.2, 0) is 6.42 Å². The van der Waals surface area contributed by atoms with Gasteiger partial charge in [-0.2, -0.15) is 0 Å². The third-order valence-corrected chi connectivity index (χ3v) is 2.96. The lowest BCUT2D eigenvalue weighted by Crippen LogP contribution is -2.05. The molecule has 0 aromatic heterocycles. The van der Waals surface area contributed by atoms with E-state index in [1.54, 1.807) is 0 Å². The summed E-state index contributed by atoms with van der Waals surface area (Å²) in [6.45, 7) is 2.08. The highest BCUT2D eigenvalue weighted by Gasteiger charge is 2.21. The van der Waals surface area contributed by atoms with E-state index in [1.165, 1.54) is 5.56 Å². The zero-order valence-electron chi connectivity index (χ0n) is 6.60. The van der Waals surface area contributed by atoms with Crippen molar-refractivity contribution >= 4 is 31.9 Å². The van der Waals surface area contributed by atoms with E-state index >= 15 is 0 Å². The molecular formula is C9H8Br2O. The van der Waals surface area contributed by atoms with Gasteiger partial charge in [-0.05, 0) is 35.0 Å². The lowest BCUT2D eigenvalue weighted by atomic mass is 10.1. The number of halogens is 2. The first kappa shape index (κ1) is 8.57. The molecule has 0 spiro atoms. The minimum absolute atomic E-state index is 0.311. The number of fused-ring (bicyclic) bond motifs is 1. The van der Waals surface area contributed by atoms with Gasteiger partial charge in [0.2, 0.25) is 0 Å². The number of benzene rings is 1. The van der Waals surface area contributed by atoms with E-state index in [-0.39, 0.29) is 0 Å². The van der Waals surface area contributed by atoms with Gasteiger partial charge < -0.3 is 4.74 Å². The molecule has 1 aromatic rings. The average Bonchev–Trinajstić information content (AvgIpc) is 2.29. The van der Waals surface area contributed by atoms with Gasteiger partial charge in [0.1, 0.15) is 11.9 Å². The number of hydrogen-bond acceptors (Lipinski definition) is 1. The smallest absolute Gasteiger partial charge is 0.137 e. The normalized spacial score (nSPS) is 20.4. The molecule has 12 heavy (non-hydrogen) atoms. The molecule has 3 heteroatoms. The van der Waals surface area contributed by atoms with E-state index in [0.717, 1.165) is 21.1 Å². The maximum atomic E-state index is 5.62. The van der Waals surface area contributed by atoms with Crippen LogP contribution in [0.1, 0.15) is 12.5 Å². The van der Waals surface area contributed by atoms with E-state index in [4.69, 9.17) is 4.74 Å². The quantitative estimate of drug-likeness (QED) is 0.710. The molecule has 1 aromatic carbocycles. The lowest BCUT2D eigenvalue weighted by molar-refractivity contribution is 0.253. The van der Waals surface area contributed by atoms with Gasteiger partial charge in [0.05, 0.1) is 4.47 Å². The Balaban J connectivity index is 2.52. The molecule has 2 rings (SSSR count). The van der Waals surface area contributed by atoms with Crippen molar-refractivity contribution in [3.63, 3.8) is 0 Å². The highest BCUT2D eigenvalue weighted by Crippen LogP contribution is 2.38. The Morgan fingerprint density at radius 3 is 2.92 bits per heavy atom. The summed E-state index contributed by atoms with van der Waals surface area (Å²) in [5.74, 6) is 1.01. The largest absolute Gasteiger partial charge is 0.489 e. The molecule has 1 unspecified atom stereocenters. The fraction of sp³-hybridized carbons (Fsp3) is 0.333. The van der Waals surface area contributed by atoms with E-state index in [0.29, 0.717) is 6.10 Å². The Hall–Kier alpha value is -0.0200. The number of hydrogen-bond donors (Lipinski definition) is 0. The molecule has 0 fully saturated rings. The third-order valence-electron chi connectivity index (χ3n) is 1.91. The minimum atomic E-state index is 0.311. The Morgan fingerprint density at radius 1 is 1.42 bits per heavy atom. The lowest BCUT2D eigenvalue weighted by Gasteiger charge is -2.04. The van der Waals surface area contributed by atoms with Gasteiger partial charge in [0.25, 0.3) is 0 Å². The molecule has 0 aliphatic carbocycles. The van der Waals surface area contributed by atoms with Gasteiger partial charge in [0.15, 0.2) is 0 Å². The predicted molar refractivity (Wildman–Crippen MR) is 55.6 cm³/mol. The second kappa shape index (κ2) is 3.04. The van der Waals surface area contributed by atoms with E-state index in [2.05, 4.69) is 44.8 Å². The molecule has 1 aliphatic rings. The Labute approximate surface area is 88.4 Å². The summed E-state index contributed by atoms with van der Waals surface area (Å²) in [6, 6.07) is 4.13. The third kappa shape index (κ3) is 1.40. The topological polar surface area (TPSA) is 9.23 Å². The first-order chi connectivity index (χ1) is 5.66. The van der Waals surface area contributed by atoms with Gasteiger partial charge in [-0.3, -0.25) is 0 Å². The zero-order valence-corrected chi connectivity index (χ0v) is 9.78. The van der Waals surface area contributed by atoms with Crippen molar-refractivity contribution in [2.24, 2.45) is 0 Å². The zero-order chi connectivity index (χ0) is 8.72. The summed E-state index contributed by atoms with van der Waals surface area (Å²) in [4.78, 5) is 0. The van der Waals surface area contributed by atoms with Gasteiger partial charge >= 0.3 is 0 Å². The van der Waals surface area contributed by atoms with Gasteiger partial charge in [-0.1, -0.05) is 15.9 Å². The summed E-state index contributed by atoms with van der Waals surface area (Å²) < 4.78 is 7.77. The average molecular weight is 292 g/mol. The maximum Gasteiger partial charge on any atom is 0.137 e. The van der Waals surface area contributed by atoms with Crippen LogP contribution in [0, 0.1) is 0 Å². The Kier molecular flexibility index (Phi) is 2.17. The second-order valence-electron chi connectivity index (χ2n) is 3.01. The van der Waals surface area contributed by atoms with Crippen LogP contribution in [0.5, 0.6) is 5.75 Å². The van der Waals surface area contributed by atoms with Crippen LogP contribution in [0.3, 0.4) is 0 Å². The monoisotopic (exact) mass is 290 g/mol. The van der Waals surface area contributed by atoms with Gasteiger partial charge in [0, 0.05) is 16.5 Å². The predicted octanol–water partition coefficient (Wildman–Crippen LogP) is 3.54. The molecule has 0 amide bonds. The highest BCUT2D eigenvalue weighted by molar-refractivity contribution is 9.11. The van der Waals surface area contributed by atoms with Crippen LogP contribution in [0.25, 0.3) is 0 Å². The molecule has 0 radical (unpaired) electrons. The van der Waals surface area contributed by atoms with E-state index < -0.39 is 0 Å². The van der Waals surface area contributed by atoms with Crippen molar-refractivity contribution in [2.75, 3.05) is 0 Å². The molecule has 0 N–H and O–H groups in total. The van der Waals surface area contributed by atoms with E-state index in [9.17, 15) is 0 Å². The summed E-state index contributed by atoms with van der Waals surface area (Å²) in [5.41, 5.74) is 1.28. The molecule has 1 nitrogen and oxygen atoms in total. The van der Waals surface area contributed by atoms with Crippen molar-refractivity contribution < 1.29 is 4.74 Å². The number of rotatable bonds is 0. The standard InChI is InChI=1S/C9H8Br2O/c1-5-2-6-3-7(10)4-8(11)9(6)12-5/h3-5H,2H2,1H3. The van der Waals surface area contributed by atoms with Crippen molar-refractivity contribution in [1.82, 2.24) is 0 Å². The molecule has 1 heterocycles. The van der Waals surface area contributed by atoms with Crippen LogP contribution in [0.2, 0.25) is 0 Å². The highest BCUT2D eigenvalue weighted by atomic mass is 79.9. The molecule has 0 saturated heterocycles. The van der Waals surface area contributed by atoms with Crippen molar-refractivity contribution in [3.8, 4) is 5.75 Å². The van der Waals surface area contributed by atoms with Crippen molar-refractivity contribution in [1.29, 1.82) is 0 Å². The first-order valence-electron chi connectivity index (χ1n) is 3.81. The van der Waals surface area contributed by atoms with Crippen LogP contribution in [-0.4, -0.2) is 6.10 Å². The molecule has 1 aliphatic heterocycles. The molecule has 0 bridgehead atoms. The minimum Gasteiger partial charge on any atom is -0.489 e. The van der Waals surface area contributed by atoms with Gasteiger partial charge in [-0.25, -0.2) is 0 Å². The summed E-state index contributed by atoms with van der Waals surface area (Å²) in [6.07, 6.45) is 1.32. The van der Waals surface area contributed by atoms with Crippen LogP contribution < -0.4 is 4.74 Å². The summed E-state index contributed by atoms with van der Waals surface area (Å²) in [7, 11) is 0. The molecule has 0 saturated carbocycles. The van der Waals surface area contributed by atoms with Crippen molar-refractivity contribution in [2.45, 2.75) is 19.4 Å². The second-order valence-corrected chi connectivity index (χ2v) is 4.78.